The molecule has 2 fully saturated rings. The molecule has 29 heavy (non-hydrogen) atoms. The number of thiocarbonyl (C=S) groups is 1. The van der Waals surface area contributed by atoms with Crippen molar-refractivity contribution in [2.24, 2.45) is 0 Å². The smallest absolute Gasteiger partial charge is 0.269 e. The normalized spacial score (nSPS) is 19.7. The zero-order valence-corrected chi connectivity index (χ0v) is 17.3. The molecule has 0 unspecified atom stereocenters. The van der Waals surface area contributed by atoms with Crippen molar-refractivity contribution in [3.63, 3.8) is 0 Å². The minimum absolute atomic E-state index is 0.0308. The van der Waals surface area contributed by atoms with Crippen molar-refractivity contribution in [1.82, 2.24) is 14.5 Å². The summed E-state index contributed by atoms with van der Waals surface area (Å²) in [4.78, 5) is 30.1. The Hall–Kier alpha value is -2.52. The number of hydrogen-bond donors (Lipinski definition) is 0. The second-order valence-corrected chi connectivity index (χ2v) is 8.85. The van der Waals surface area contributed by atoms with Gasteiger partial charge in [0.2, 0.25) is 0 Å². The van der Waals surface area contributed by atoms with E-state index in [0.29, 0.717) is 14.9 Å². The highest BCUT2D eigenvalue weighted by molar-refractivity contribution is 8.26. The van der Waals surface area contributed by atoms with Crippen LogP contribution in [0.4, 0.5) is 5.69 Å². The van der Waals surface area contributed by atoms with E-state index in [-0.39, 0.29) is 17.6 Å². The number of benzene rings is 1. The number of hydrogen-bond acceptors (Lipinski definition) is 6. The van der Waals surface area contributed by atoms with Crippen LogP contribution in [0.15, 0.2) is 41.7 Å². The van der Waals surface area contributed by atoms with Crippen LogP contribution in [0, 0.1) is 10.1 Å². The first kappa shape index (κ1) is 19.8. The van der Waals surface area contributed by atoms with Crippen LogP contribution in [0.1, 0.15) is 44.2 Å². The van der Waals surface area contributed by atoms with Crippen LogP contribution in [-0.2, 0) is 4.79 Å². The van der Waals surface area contributed by atoms with Gasteiger partial charge < -0.3 is 4.57 Å². The first-order chi connectivity index (χ1) is 14.0. The zero-order valence-electron chi connectivity index (χ0n) is 15.7. The number of nitro benzene ring substituents is 1. The van der Waals surface area contributed by atoms with Crippen molar-refractivity contribution in [3.8, 4) is 5.69 Å². The van der Waals surface area contributed by atoms with Gasteiger partial charge >= 0.3 is 0 Å². The van der Waals surface area contributed by atoms with Crippen molar-refractivity contribution in [3.05, 3.63) is 57.5 Å². The summed E-state index contributed by atoms with van der Waals surface area (Å²) in [6, 6.07) is 6.43. The summed E-state index contributed by atoms with van der Waals surface area (Å²) in [7, 11) is 0. The number of thioether (sulfide) groups is 1. The Morgan fingerprint density at radius 3 is 2.52 bits per heavy atom. The van der Waals surface area contributed by atoms with E-state index in [4.69, 9.17) is 12.2 Å². The van der Waals surface area contributed by atoms with Crippen molar-refractivity contribution < 1.29 is 9.72 Å². The lowest BCUT2D eigenvalue weighted by molar-refractivity contribution is -0.384. The lowest BCUT2D eigenvalue weighted by atomic mass is 10.1. The van der Waals surface area contributed by atoms with E-state index in [1.807, 2.05) is 0 Å². The molecule has 1 amide bonds. The van der Waals surface area contributed by atoms with E-state index < -0.39 is 4.92 Å². The Morgan fingerprint density at radius 2 is 1.86 bits per heavy atom. The Labute approximate surface area is 177 Å². The standard InChI is InChI=1S/C20H20N4O3S2/c25-19-18(29-20(28)23(19)16-5-3-1-2-4-6-16)11-14-12-22(13-21-14)15-7-9-17(10-8-15)24(26)27/h7-13,16H,1-6H2/b18-11-. The van der Waals surface area contributed by atoms with Gasteiger partial charge in [0.15, 0.2) is 0 Å². The number of imidazole rings is 1. The van der Waals surface area contributed by atoms with Crippen LogP contribution in [0.2, 0.25) is 0 Å². The molecule has 0 spiro atoms. The van der Waals surface area contributed by atoms with Gasteiger partial charge in [-0.2, -0.15) is 0 Å². The molecule has 9 heteroatoms. The molecule has 2 aromatic rings. The molecule has 1 saturated carbocycles. The molecule has 0 atom stereocenters. The van der Waals surface area contributed by atoms with Crippen LogP contribution in [0.5, 0.6) is 0 Å². The molecule has 1 aromatic carbocycles. The minimum Gasteiger partial charge on any atom is -0.306 e. The molecule has 1 saturated heterocycles. The Bertz CT molecular complexity index is 976. The van der Waals surface area contributed by atoms with E-state index >= 15 is 0 Å². The number of carbonyl (C=O) groups excluding carboxylic acids is 1. The summed E-state index contributed by atoms with van der Waals surface area (Å²) in [6.07, 6.45) is 11.9. The van der Waals surface area contributed by atoms with Gasteiger partial charge in [0.05, 0.1) is 21.8 Å². The third-order valence-electron chi connectivity index (χ3n) is 5.25. The fourth-order valence-corrected chi connectivity index (χ4v) is 5.13. The maximum Gasteiger partial charge on any atom is 0.269 e. The molecule has 0 radical (unpaired) electrons. The van der Waals surface area contributed by atoms with Gasteiger partial charge in [-0.1, -0.05) is 49.7 Å². The second kappa shape index (κ2) is 8.46. The van der Waals surface area contributed by atoms with E-state index in [2.05, 4.69) is 4.98 Å². The summed E-state index contributed by atoms with van der Waals surface area (Å²) in [5.41, 5.74) is 1.44. The first-order valence-corrected chi connectivity index (χ1v) is 10.8. The highest BCUT2D eigenvalue weighted by Gasteiger charge is 2.37. The van der Waals surface area contributed by atoms with Gasteiger partial charge in [-0.3, -0.25) is 19.8 Å². The highest BCUT2D eigenvalue weighted by Crippen LogP contribution is 2.36. The molecule has 0 bridgehead atoms. The molecule has 1 aliphatic carbocycles. The second-order valence-electron chi connectivity index (χ2n) is 7.18. The number of nitro groups is 1. The van der Waals surface area contributed by atoms with Crippen molar-refractivity contribution in [2.75, 3.05) is 0 Å². The molecule has 1 aromatic heterocycles. The van der Waals surface area contributed by atoms with Gasteiger partial charge in [-0.25, -0.2) is 4.98 Å². The molecular weight excluding hydrogens is 408 g/mol. The minimum atomic E-state index is -0.431. The lowest BCUT2D eigenvalue weighted by Gasteiger charge is -2.25. The number of amides is 1. The zero-order chi connectivity index (χ0) is 20.4. The van der Waals surface area contributed by atoms with Crippen molar-refractivity contribution >= 4 is 46.0 Å². The van der Waals surface area contributed by atoms with E-state index in [1.54, 1.807) is 40.2 Å². The van der Waals surface area contributed by atoms with E-state index in [0.717, 1.165) is 31.4 Å². The quantitative estimate of drug-likeness (QED) is 0.231. The number of nitrogens with zero attached hydrogens (tertiary/aromatic N) is 4. The van der Waals surface area contributed by atoms with Gasteiger partial charge in [0.1, 0.15) is 4.32 Å². The third-order valence-corrected chi connectivity index (χ3v) is 6.58. The first-order valence-electron chi connectivity index (χ1n) is 9.59. The Kier molecular flexibility index (Phi) is 5.77. The molecule has 1 aliphatic heterocycles. The van der Waals surface area contributed by atoms with Crippen LogP contribution in [0.25, 0.3) is 11.8 Å². The average molecular weight is 429 g/mol. The van der Waals surface area contributed by atoms with Crippen LogP contribution < -0.4 is 0 Å². The largest absolute Gasteiger partial charge is 0.306 e. The maximum absolute atomic E-state index is 13.0. The maximum atomic E-state index is 13.0. The summed E-state index contributed by atoms with van der Waals surface area (Å²) < 4.78 is 2.39. The summed E-state index contributed by atoms with van der Waals surface area (Å²) in [5.74, 6) is -0.0308. The molecule has 2 heterocycles. The monoisotopic (exact) mass is 428 g/mol. The molecule has 2 aliphatic rings. The van der Waals surface area contributed by atoms with Gasteiger partial charge in [0, 0.05) is 30.1 Å². The Balaban J connectivity index is 1.52. The van der Waals surface area contributed by atoms with Gasteiger partial charge in [-0.15, -0.1) is 0 Å². The van der Waals surface area contributed by atoms with Gasteiger partial charge in [-0.05, 0) is 31.1 Å². The number of carbonyl (C=O) groups is 1. The van der Waals surface area contributed by atoms with E-state index in [1.165, 1.54) is 36.7 Å². The summed E-state index contributed by atoms with van der Waals surface area (Å²) >= 11 is 6.83. The topological polar surface area (TPSA) is 81.3 Å². The van der Waals surface area contributed by atoms with Gasteiger partial charge in [0.25, 0.3) is 11.6 Å². The summed E-state index contributed by atoms with van der Waals surface area (Å²) in [6.45, 7) is 0. The fraction of sp³-hybridized carbons (Fsp3) is 0.350. The molecule has 150 valence electrons. The fourth-order valence-electron chi connectivity index (χ4n) is 3.75. The summed E-state index contributed by atoms with van der Waals surface area (Å²) in [5, 5.41) is 10.8. The molecule has 4 rings (SSSR count). The van der Waals surface area contributed by atoms with Crippen molar-refractivity contribution in [1.29, 1.82) is 0 Å². The van der Waals surface area contributed by atoms with E-state index in [9.17, 15) is 14.9 Å². The number of aromatic nitrogens is 2. The molecule has 0 N–H and O–H groups in total. The highest BCUT2D eigenvalue weighted by atomic mass is 32.2. The third kappa shape index (κ3) is 4.25. The average Bonchev–Trinajstić information content (AvgIpc) is 3.16. The predicted molar refractivity (Wildman–Crippen MR) is 117 cm³/mol. The number of non-ortho nitro benzene ring substituents is 1. The van der Waals surface area contributed by atoms with Crippen LogP contribution >= 0.6 is 24.0 Å². The molecule has 7 nitrogen and oxygen atoms in total. The lowest BCUT2D eigenvalue weighted by Crippen LogP contribution is -2.38. The number of rotatable bonds is 4. The Morgan fingerprint density at radius 1 is 1.17 bits per heavy atom. The SMILES string of the molecule is O=C1/C(=C/c2cn(-c3ccc([N+](=O)[O-])cc3)cn2)SC(=S)N1C1CCCCCC1. The van der Waals surface area contributed by atoms with Crippen molar-refractivity contribution in [2.45, 2.75) is 44.6 Å². The van der Waals surface area contributed by atoms with Crippen LogP contribution in [0.3, 0.4) is 0 Å². The predicted octanol–water partition coefficient (Wildman–Crippen LogP) is 4.70. The molecular formula is C20H20N4O3S2. The van der Waals surface area contributed by atoms with Crippen LogP contribution in [-0.4, -0.2) is 35.6 Å².